The van der Waals surface area contributed by atoms with Gasteiger partial charge in [-0.1, -0.05) is 12.1 Å². The zero-order valence-electron chi connectivity index (χ0n) is 10.0. The third kappa shape index (κ3) is 2.24. The topological polar surface area (TPSA) is 51.5 Å². The van der Waals surface area contributed by atoms with Crippen LogP contribution in [0, 0.1) is 0 Å². The van der Waals surface area contributed by atoms with Crippen LogP contribution in [-0.4, -0.2) is 19.3 Å². The van der Waals surface area contributed by atoms with Gasteiger partial charge in [-0.2, -0.15) is 0 Å². The Bertz CT molecular complexity index is 599. The molecule has 3 rings (SSSR count). The maximum atomic E-state index is 11.5. The molecule has 0 spiro atoms. The molecule has 0 radical (unpaired) electrons. The molecule has 1 aromatic carbocycles. The SMILES string of the molecule is O=c1cc(NC[C@H]2CCCO2)c2ccccc2o1. The van der Waals surface area contributed by atoms with Crippen molar-refractivity contribution in [2.24, 2.45) is 0 Å². The molecule has 0 aliphatic carbocycles. The summed E-state index contributed by atoms with van der Waals surface area (Å²) in [4.78, 5) is 11.5. The van der Waals surface area contributed by atoms with Crippen molar-refractivity contribution < 1.29 is 9.15 Å². The van der Waals surface area contributed by atoms with E-state index in [1.807, 2.05) is 18.2 Å². The van der Waals surface area contributed by atoms with E-state index in [-0.39, 0.29) is 11.7 Å². The summed E-state index contributed by atoms with van der Waals surface area (Å²) in [5.41, 5.74) is 1.10. The van der Waals surface area contributed by atoms with Gasteiger partial charge in [0.25, 0.3) is 0 Å². The van der Waals surface area contributed by atoms with Gasteiger partial charge in [0, 0.05) is 24.6 Å². The highest BCUT2D eigenvalue weighted by atomic mass is 16.5. The van der Waals surface area contributed by atoms with Crippen LogP contribution in [-0.2, 0) is 4.74 Å². The normalized spacial score (nSPS) is 19.2. The second-order valence-corrected chi connectivity index (χ2v) is 4.49. The summed E-state index contributed by atoms with van der Waals surface area (Å²) in [6, 6.07) is 9.02. The molecule has 0 unspecified atom stereocenters. The first-order valence-electron chi connectivity index (χ1n) is 6.21. The quantitative estimate of drug-likeness (QED) is 0.843. The summed E-state index contributed by atoms with van der Waals surface area (Å²) in [6.07, 6.45) is 2.44. The number of hydrogen-bond donors (Lipinski definition) is 1. The molecule has 1 atom stereocenters. The maximum absolute atomic E-state index is 11.5. The number of fused-ring (bicyclic) bond motifs is 1. The fraction of sp³-hybridized carbons (Fsp3) is 0.357. The number of hydrogen-bond acceptors (Lipinski definition) is 4. The van der Waals surface area contributed by atoms with E-state index < -0.39 is 0 Å². The van der Waals surface area contributed by atoms with E-state index in [4.69, 9.17) is 9.15 Å². The van der Waals surface area contributed by atoms with Crippen LogP contribution in [0.4, 0.5) is 5.69 Å². The average molecular weight is 245 g/mol. The molecule has 1 aromatic heterocycles. The molecule has 2 heterocycles. The van der Waals surface area contributed by atoms with Gasteiger partial charge in [0.2, 0.25) is 0 Å². The van der Waals surface area contributed by atoms with Crippen molar-refractivity contribution in [3.8, 4) is 0 Å². The molecule has 1 fully saturated rings. The second kappa shape index (κ2) is 4.82. The Morgan fingerprint density at radius 1 is 1.33 bits per heavy atom. The minimum Gasteiger partial charge on any atom is -0.423 e. The van der Waals surface area contributed by atoms with E-state index in [9.17, 15) is 4.79 Å². The largest absolute Gasteiger partial charge is 0.423 e. The fourth-order valence-corrected chi connectivity index (χ4v) is 2.29. The van der Waals surface area contributed by atoms with Crippen LogP contribution in [0.1, 0.15) is 12.8 Å². The molecule has 4 heteroatoms. The van der Waals surface area contributed by atoms with Crippen LogP contribution >= 0.6 is 0 Å². The number of para-hydroxylation sites is 1. The first-order valence-corrected chi connectivity index (χ1v) is 6.21. The van der Waals surface area contributed by atoms with Crippen molar-refractivity contribution in [3.63, 3.8) is 0 Å². The predicted octanol–water partition coefficient (Wildman–Crippen LogP) is 2.38. The van der Waals surface area contributed by atoms with Gasteiger partial charge >= 0.3 is 5.63 Å². The van der Waals surface area contributed by atoms with Gasteiger partial charge in [-0.15, -0.1) is 0 Å². The van der Waals surface area contributed by atoms with Crippen molar-refractivity contribution in [3.05, 3.63) is 40.8 Å². The molecule has 2 aromatic rings. The van der Waals surface area contributed by atoms with Gasteiger partial charge in [0.1, 0.15) is 5.58 Å². The molecule has 1 aliphatic rings. The van der Waals surface area contributed by atoms with Crippen LogP contribution in [0.2, 0.25) is 0 Å². The summed E-state index contributed by atoms with van der Waals surface area (Å²) >= 11 is 0. The molecule has 1 N–H and O–H groups in total. The Morgan fingerprint density at radius 2 is 2.22 bits per heavy atom. The van der Waals surface area contributed by atoms with Crippen LogP contribution in [0.3, 0.4) is 0 Å². The molecule has 1 saturated heterocycles. The lowest BCUT2D eigenvalue weighted by Crippen LogP contribution is -2.19. The monoisotopic (exact) mass is 245 g/mol. The lowest BCUT2D eigenvalue weighted by atomic mass is 10.2. The van der Waals surface area contributed by atoms with E-state index in [1.165, 1.54) is 6.07 Å². The van der Waals surface area contributed by atoms with E-state index in [0.717, 1.165) is 37.1 Å². The third-order valence-electron chi connectivity index (χ3n) is 3.19. The van der Waals surface area contributed by atoms with Crippen molar-refractivity contribution in [2.45, 2.75) is 18.9 Å². The lowest BCUT2D eigenvalue weighted by Gasteiger charge is -2.12. The number of anilines is 1. The van der Waals surface area contributed by atoms with E-state index in [0.29, 0.717) is 5.58 Å². The molecule has 94 valence electrons. The molecular formula is C14H15NO3. The van der Waals surface area contributed by atoms with Crippen LogP contribution in [0.15, 0.2) is 39.5 Å². The number of ether oxygens (including phenoxy) is 1. The molecule has 0 saturated carbocycles. The summed E-state index contributed by atoms with van der Waals surface area (Å²) < 4.78 is 10.7. The Hall–Kier alpha value is -1.81. The van der Waals surface area contributed by atoms with Gasteiger partial charge in [-0.25, -0.2) is 4.79 Å². The first-order chi connectivity index (χ1) is 8.83. The molecule has 0 amide bonds. The summed E-state index contributed by atoms with van der Waals surface area (Å²) in [5, 5.41) is 4.21. The first kappa shape index (κ1) is 11.3. The molecule has 4 nitrogen and oxygen atoms in total. The standard InChI is InChI=1S/C14H15NO3/c16-14-8-12(15-9-10-4-3-7-17-10)11-5-1-2-6-13(11)18-14/h1-2,5-6,8,10,15H,3-4,7,9H2/t10-/m1/s1. The average Bonchev–Trinajstić information content (AvgIpc) is 2.89. The summed E-state index contributed by atoms with van der Waals surface area (Å²) in [7, 11) is 0. The van der Waals surface area contributed by atoms with Crippen LogP contribution < -0.4 is 10.9 Å². The van der Waals surface area contributed by atoms with Crippen molar-refractivity contribution in [2.75, 3.05) is 18.5 Å². The van der Waals surface area contributed by atoms with Gasteiger partial charge in [-0.3, -0.25) is 0 Å². The third-order valence-corrected chi connectivity index (χ3v) is 3.19. The second-order valence-electron chi connectivity index (χ2n) is 4.49. The zero-order valence-corrected chi connectivity index (χ0v) is 10.0. The van der Waals surface area contributed by atoms with Gasteiger partial charge < -0.3 is 14.5 Å². The van der Waals surface area contributed by atoms with E-state index in [1.54, 1.807) is 6.07 Å². The number of rotatable bonds is 3. The fourth-order valence-electron chi connectivity index (χ4n) is 2.29. The summed E-state index contributed by atoms with van der Waals surface area (Å²) in [5.74, 6) is 0. The molecular weight excluding hydrogens is 230 g/mol. The van der Waals surface area contributed by atoms with E-state index in [2.05, 4.69) is 5.32 Å². The highest BCUT2D eigenvalue weighted by Crippen LogP contribution is 2.21. The van der Waals surface area contributed by atoms with Gasteiger partial charge in [-0.05, 0) is 25.0 Å². The highest BCUT2D eigenvalue weighted by molar-refractivity contribution is 5.89. The lowest BCUT2D eigenvalue weighted by molar-refractivity contribution is 0.120. The molecule has 18 heavy (non-hydrogen) atoms. The predicted molar refractivity (Wildman–Crippen MR) is 69.9 cm³/mol. The minimum atomic E-state index is -0.330. The zero-order chi connectivity index (χ0) is 12.4. The minimum absolute atomic E-state index is 0.246. The molecule has 0 bridgehead atoms. The Balaban J connectivity index is 1.88. The smallest absolute Gasteiger partial charge is 0.338 e. The molecule has 1 aliphatic heterocycles. The van der Waals surface area contributed by atoms with Crippen LogP contribution in [0.5, 0.6) is 0 Å². The Kier molecular flexibility index (Phi) is 3.02. The Labute approximate surface area is 105 Å². The van der Waals surface area contributed by atoms with Gasteiger partial charge in [0.05, 0.1) is 11.8 Å². The number of nitrogens with one attached hydrogen (secondary N) is 1. The Morgan fingerprint density at radius 3 is 3.06 bits per heavy atom. The number of benzene rings is 1. The van der Waals surface area contributed by atoms with Gasteiger partial charge in [0.15, 0.2) is 0 Å². The maximum Gasteiger partial charge on any atom is 0.338 e. The van der Waals surface area contributed by atoms with E-state index >= 15 is 0 Å². The highest BCUT2D eigenvalue weighted by Gasteiger charge is 2.15. The van der Waals surface area contributed by atoms with Crippen molar-refractivity contribution >= 4 is 16.7 Å². The van der Waals surface area contributed by atoms with Crippen LogP contribution in [0.25, 0.3) is 11.0 Å². The summed E-state index contributed by atoms with van der Waals surface area (Å²) in [6.45, 7) is 1.57. The van der Waals surface area contributed by atoms with Crippen molar-refractivity contribution in [1.82, 2.24) is 0 Å². The van der Waals surface area contributed by atoms with Crippen molar-refractivity contribution in [1.29, 1.82) is 0 Å².